The molecule has 0 saturated carbocycles. The second-order valence-electron chi connectivity index (χ2n) is 6.80. The van der Waals surface area contributed by atoms with Crippen molar-refractivity contribution in [1.29, 1.82) is 0 Å². The Balaban J connectivity index is 2.12. The average molecular weight is 369 g/mol. The lowest BCUT2D eigenvalue weighted by molar-refractivity contribution is -0.145. The number of benzene rings is 1. The van der Waals surface area contributed by atoms with Crippen LogP contribution in [-0.4, -0.2) is 48.1 Å². The Morgan fingerprint density at radius 3 is 2.68 bits per heavy atom. The van der Waals surface area contributed by atoms with E-state index in [1.807, 2.05) is 18.7 Å². The predicted molar refractivity (Wildman–Crippen MR) is 97.3 cm³/mol. The number of carboxylic acid groups (broad SMARTS) is 1. The summed E-state index contributed by atoms with van der Waals surface area (Å²) in [4.78, 5) is 25.9. The molecule has 25 heavy (non-hydrogen) atoms. The minimum absolute atomic E-state index is 0.196. The number of methoxy groups -OCH3 is 1. The number of nitrogens with one attached hydrogen (secondary N) is 1. The van der Waals surface area contributed by atoms with Crippen molar-refractivity contribution in [3.63, 3.8) is 0 Å². The third-order valence-electron chi connectivity index (χ3n) is 4.70. The maximum absolute atomic E-state index is 12.7. The molecule has 1 aliphatic rings. The number of hydrogen-bond acceptors (Lipinski definition) is 4. The molecule has 0 aromatic heterocycles. The van der Waals surface area contributed by atoms with Crippen molar-refractivity contribution < 1.29 is 19.4 Å². The fraction of sp³-hybridized carbons (Fsp3) is 0.556. The molecule has 1 heterocycles. The van der Waals surface area contributed by atoms with Gasteiger partial charge in [-0.05, 0) is 37.8 Å². The topological polar surface area (TPSA) is 78.9 Å². The van der Waals surface area contributed by atoms with E-state index in [0.29, 0.717) is 36.0 Å². The van der Waals surface area contributed by atoms with Crippen LogP contribution in [0.2, 0.25) is 5.02 Å². The molecule has 7 heteroatoms. The molecule has 2 rings (SSSR count). The van der Waals surface area contributed by atoms with E-state index < -0.39 is 17.9 Å². The smallest absolute Gasteiger partial charge is 0.307 e. The molecule has 3 atom stereocenters. The molecule has 6 nitrogen and oxygen atoms in total. The number of piperidine rings is 1. The summed E-state index contributed by atoms with van der Waals surface area (Å²) in [5, 5.41) is 12.7. The number of aryl methyl sites for hydroxylation is 1. The van der Waals surface area contributed by atoms with Gasteiger partial charge in [0.05, 0.1) is 24.8 Å². The summed E-state index contributed by atoms with van der Waals surface area (Å²) in [6, 6.07) is 3.00. The molecule has 0 radical (unpaired) electrons. The summed E-state index contributed by atoms with van der Waals surface area (Å²) in [5.74, 6) is -0.715. The predicted octanol–water partition coefficient (Wildman–Crippen LogP) is 3.03. The van der Waals surface area contributed by atoms with Gasteiger partial charge in [-0.2, -0.15) is 0 Å². The molecule has 1 aromatic rings. The average Bonchev–Trinajstić information content (AvgIpc) is 2.56. The number of carboxylic acids is 1. The Labute approximate surface area is 153 Å². The lowest BCUT2D eigenvalue weighted by Crippen LogP contribution is -2.50. The van der Waals surface area contributed by atoms with Crippen molar-refractivity contribution in [2.45, 2.75) is 33.2 Å². The molecule has 3 unspecified atom stereocenters. The number of anilines is 1. The maximum atomic E-state index is 12.7. The molecular weight excluding hydrogens is 344 g/mol. The molecule has 1 aromatic carbocycles. The first kappa shape index (κ1) is 19.5. The van der Waals surface area contributed by atoms with E-state index in [2.05, 4.69) is 5.32 Å². The number of nitrogens with zero attached hydrogens (tertiary/aromatic N) is 1. The number of carbonyl (C=O) groups excluding carboxylic acids is 1. The molecule has 0 spiro atoms. The van der Waals surface area contributed by atoms with Gasteiger partial charge in [0.25, 0.3) is 0 Å². The van der Waals surface area contributed by atoms with E-state index in [0.717, 1.165) is 5.56 Å². The Bertz CT molecular complexity index is 665. The number of amides is 1. The zero-order chi connectivity index (χ0) is 18.7. The summed E-state index contributed by atoms with van der Waals surface area (Å²) >= 11 is 6.09. The van der Waals surface area contributed by atoms with Gasteiger partial charge >= 0.3 is 5.97 Å². The van der Waals surface area contributed by atoms with Gasteiger partial charge in [0.1, 0.15) is 5.75 Å². The van der Waals surface area contributed by atoms with Crippen molar-refractivity contribution in [2.24, 2.45) is 11.8 Å². The summed E-state index contributed by atoms with van der Waals surface area (Å²) in [6.07, 6.45) is 0.643. The first-order chi connectivity index (χ1) is 11.7. The fourth-order valence-corrected chi connectivity index (χ4v) is 3.37. The number of hydrogen-bond donors (Lipinski definition) is 2. The van der Waals surface area contributed by atoms with Crippen molar-refractivity contribution in [3.8, 4) is 5.75 Å². The Morgan fingerprint density at radius 2 is 2.08 bits per heavy atom. The second kappa shape index (κ2) is 8.06. The van der Waals surface area contributed by atoms with Crippen LogP contribution in [0.5, 0.6) is 5.75 Å². The SMILES string of the molecule is COc1cc(Cl)c(C)cc1NC(=O)C(C)N1CC(C)CC(C(=O)O)C1. The minimum Gasteiger partial charge on any atom is -0.495 e. The molecule has 1 amide bonds. The summed E-state index contributed by atoms with van der Waals surface area (Å²) in [5.41, 5.74) is 1.39. The van der Waals surface area contributed by atoms with Gasteiger partial charge in [0.2, 0.25) is 5.91 Å². The first-order valence-corrected chi connectivity index (χ1v) is 8.72. The van der Waals surface area contributed by atoms with E-state index in [-0.39, 0.29) is 11.8 Å². The van der Waals surface area contributed by atoms with E-state index in [4.69, 9.17) is 16.3 Å². The normalized spacial score (nSPS) is 22.3. The zero-order valence-corrected chi connectivity index (χ0v) is 15.8. The number of halogens is 1. The van der Waals surface area contributed by atoms with E-state index >= 15 is 0 Å². The number of aliphatic carboxylic acids is 1. The number of carbonyl (C=O) groups is 2. The molecule has 1 fully saturated rings. The fourth-order valence-electron chi connectivity index (χ4n) is 3.22. The highest BCUT2D eigenvalue weighted by molar-refractivity contribution is 6.31. The summed E-state index contributed by atoms with van der Waals surface area (Å²) < 4.78 is 5.28. The Kier molecular flexibility index (Phi) is 6.30. The standard InChI is InChI=1S/C18H25ClN2O4/c1-10-5-13(18(23)24)9-21(8-10)12(3)17(22)20-15-6-11(2)14(19)7-16(15)25-4/h6-7,10,12-13H,5,8-9H2,1-4H3,(H,20,22)(H,23,24). The lowest BCUT2D eigenvalue weighted by Gasteiger charge is -2.37. The number of ether oxygens (including phenoxy) is 1. The van der Waals surface area contributed by atoms with Crippen LogP contribution < -0.4 is 10.1 Å². The minimum atomic E-state index is -0.806. The summed E-state index contributed by atoms with van der Waals surface area (Å²) in [6.45, 7) is 6.74. The first-order valence-electron chi connectivity index (χ1n) is 8.34. The van der Waals surface area contributed by atoms with Crippen LogP contribution in [0, 0.1) is 18.8 Å². The highest BCUT2D eigenvalue weighted by Crippen LogP contribution is 2.31. The van der Waals surface area contributed by atoms with E-state index in [9.17, 15) is 14.7 Å². The van der Waals surface area contributed by atoms with E-state index in [1.54, 1.807) is 19.1 Å². The van der Waals surface area contributed by atoms with Crippen LogP contribution in [0.4, 0.5) is 5.69 Å². The molecular formula is C18H25ClN2O4. The summed E-state index contributed by atoms with van der Waals surface area (Å²) in [7, 11) is 1.52. The highest BCUT2D eigenvalue weighted by Gasteiger charge is 2.34. The van der Waals surface area contributed by atoms with Crippen LogP contribution in [-0.2, 0) is 9.59 Å². The third-order valence-corrected chi connectivity index (χ3v) is 5.11. The largest absolute Gasteiger partial charge is 0.495 e. The molecule has 138 valence electrons. The quantitative estimate of drug-likeness (QED) is 0.835. The molecule has 1 aliphatic heterocycles. The van der Waals surface area contributed by atoms with Gasteiger partial charge in [-0.25, -0.2) is 0 Å². The highest BCUT2D eigenvalue weighted by atomic mass is 35.5. The monoisotopic (exact) mass is 368 g/mol. The Morgan fingerprint density at radius 1 is 1.40 bits per heavy atom. The lowest BCUT2D eigenvalue weighted by atomic mass is 9.89. The maximum Gasteiger partial charge on any atom is 0.307 e. The Hall–Kier alpha value is -1.79. The zero-order valence-electron chi connectivity index (χ0n) is 15.0. The second-order valence-corrected chi connectivity index (χ2v) is 7.20. The van der Waals surface area contributed by atoms with Crippen LogP contribution >= 0.6 is 11.6 Å². The van der Waals surface area contributed by atoms with Crippen molar-refractivity contribution >= 4 is 29.2 Å². The van der Waals surface area contributed by atoms with Gasteiger partial charge < -0.3 is 15.2 Å². The van der Waals surface area contributed by atoms with Gasteiger partial charge in [-0.15, -0.1) is 0 Å². The van der Waals surface area contributed by atoms with Gasteiger partial charge in [-0.3, -0.25) is 14.5 Å². The van der Waals surface area contributed by atoms with Gasteiger partial charge in [0.15, 0.2) is 0 Å². The number of rotatable bonds is 5. The van der Waals surface area contributed by atoms with Crippen LogP contribution in [0.3, 0.4) is 0 Å². The van der Waals surface area contributed by atoms with Crippen LogP contribution in [0.15, 0.2) is 12.1 Å². The van der Waals surface area contributed by atoms with Gasteiger partial charge in [-0.1, -0.05) is 18.5 Å². The molecule has 2 N–H and O–H groups in total. The van der Waals surface area contributed by atoms with Crippen molar-refractivity contribution in [3.05, 3.63) is 22.7 Å². The molecule has 1 saturated heterocycles. The van der Waals surface area contributed by atoms with Crippen LogP contribution in [0.1, 0.15) is 25.8 Å². The van der Waals surface area contributed by atoms with E-state index in [1.165, 1.54) is 7.11 Å². The van der Waals surface area contributed by atoms with Crippen molar-refractivity contribution in [1.82, 2.24) is 4.90 Å². The van der Waals surface area contributed by atoms with Crippen LogP contribution in [0.25, 0.3) is 0 Å². The molecule has 0 bridgehead atoms. The number of likely N-dealkylation sites (tertiary alicyclic amines) is 1. The van der Waals surface area contributed by atoms with Crippen molar-refractivity contribution in [2.75, 3.05) is 25.5 Å². The molecule has 0 aliphatic carbocycles. The third kappa shape index (κ3) is 4.64. The van der Waals surface area contributed by atoms with Gasteiger partial charge in [0, 0.05) is 24.2 Å².